The Labute approximate surface area is 98.1 Å². The van der Waals surface area contributed by atoms with Crippen LogP contribution in [-0.4, -0.2) is 22.9 Å². The van der Waals surface area contributed by atoms with Crippen molar-refractivity contribution < 1.29 is 10.2 Å². The highest BCUT2D eigenvalue weighted by atomic mass is 79.9. The molecule has 15 heavy (non-hydrogen) atoms. The first-order valence-corrected chi connectivity index (χ1v) is 5.74. The largest absolute Gasteiger partial charge is 0.389 e. The third kappa shape index (κ3) is 3.01. The summed E-state index contributed by atoms with van der Waals surface area (Å²) in [7, 11) is 0. The van der Waals surface area contributed by atoms with Crippen LogP contribution < -0.4 is 5.73 Å². The summed E-state index contributed by atoms with van der Waals surface area (Å²) in [6, 6.07) is 5.61. The molecule has 0 aliphatic heterocycles. The Morgan fingerprint density at radius 1 is 1.40 bits per heavy atom. The van der Waals surface area contributed by atoms with Gasteiger partial charge in [-0.15, -0.1) is 0 Å². The zero-order valence-corrected chi connectivity index (χ0v) is 10.2. The summed E-state index contributed by atoms with van der Waals surface area (Å²) >= 11 is 3.37. The number of hydrogen-bond acceptors (Lipinski definition) is 3. The smallest absolute Gasteiger partial charge is 0.106 e. The molecule has 1 aromatic rings. The molecular weight excluding hydrogens is 258 g/mol. The number of aliphatic hydroxyl groups excluding tert-OH is 2. The maximum absolute atomic E-state index is 9.85. The SMILES string of the molecule is CCc1cc(Br)ccc1C(O)C(O)CN. The maximum Gasteiger partial charge on any atom is 0.106 e. The summed E-state index contributed by atoms with van der Waals surface area (Å²) in [6.45, 7) is 2.06. The lowest BCUT2D eigenvalue weighted by Crippen LogP contribution is -2.27. The molecule has 4 N–H and O–H groups in total. The molecule has 84 valence electrons. The van der Waals surface area contributed by atoms with E-state index in [1.54, 1.807) is 0 Å². The van der Waals surface area contributed by atoms with Crippen LogP contribution in [0.15, 0.2) is 22.7 Å². The van der Waals surface area contributed by atoms with Gasteiger partial charge in [-0.2, -0.15) is 0 Å². The highest BCUT2D eigenvalue weighted by molar-refractivity contribution is 9.10. The summed E-state index contributed by atoms with van der Waals surface area (Å²) < 4.78 is 0.970. The van der Waals surface area contributed by atoms with E-state index in [4.69, 9.17) is 5.73 Å². The second-order valence-electron chi connectivity index (χ2n) is 3.44. The van der Waals surface area contributed by atoms with Gasteiger partial charge in [0.1, 0.15) is 6.10 Å². The fourth-order valence-electron chi connectivity index (χ4n) is 1.51. The van der Waals surface area contributed by atoms with Gasteiger partial charge in [0.15, 0.2) is 0 Å². The van der Waals surface area contributed by atoms with Crippen molar-refractivity contribution in [1.29, 1.82) is 0 Å². The highest BCUT2D eigenvalue weighted by Gasteiger charge is 2.19. The summed E-state index contributed by atoms with van der Waals surface area (Å²) in [5.74, 6) is 0. The van der Waals surface area contributed by atoms with Crippen LogP contribution in [-0.2, 0) is 6.42 Å². The van der Waals surface area contributed by atoms with Gasteiger partial charge in [0.25, 0.3) is 0 Å². The summed E-state index contributed by atoms with van der Waals surface area (Å²) in [5, 5.41) is 19.3. The summed E-state index contributed by atoms with van der Waals surface area (Å²) in [5.41, 5.74) is 7.08. The van der Waals surface area contributed by atoms with Gasteiger partial charge < -0.3 is 15.9 Å². The van der Waals surface area contributed by atoms with Crippen LogP contribution in [0.3, 0.4) is 0 Å². The Morgan fingerprint density at radius 3 is 2.60 bits per heavy atom. The van der Waals surface area contributed by atoms with Gasteiger partial charge in [0.2, 0.25) is 0 Å². The standard InChI is InChI=1S/C11H16BrNO2/c1-2-7-5-8(12)3-4-9(7)11(15)10(14)6-13/h3-5,10-11,14-15H,2,6,13H2,1H3. The Morgan fingerprint density at radius 2 is 2.07 bits per heavy atom. The van der Waals surface area contributed by atoms with Crippen molar-refractivity contribution in [1.82, 2.24) is 0 Å². The van der Waals surface area contributed by atoms with Crippen molar-refractivity contribution in [3.05, 3.63) is 33.8 Å². The Balaban J connectivity index is 3.02. The fraction of sp³-hybridized carbons (Fsp3) is 0.455. The number of rotatable bonds is 4. The molecule has 3 nitrogen and oxygen atoms in total. The van der Waals surface area contributed by atoms with E-state index in [0.29, 0.717) is 0 Å². The molecule has 0 aromatic heterocycles. The first kappa shape index (κ1) is 12.6. The van der Waals surface area contributed by atoms with Crippen LogP contribution in [0.1, 0.15) is 24.2 Å². The third-order valence-corrected chi connectivity index (χ3v) is 2.90. The van der Waals surface area contributed by atoms with E-state index in [1.165, 1.54) is 0 Å². The average molecular weight is 274 g/mol. The van der Waals surface area contributed by atoms with E-state index in [2.05, 4.69) is 15.9 Å². The molecule has 0 saturated carbocycles. The van der Waals surface area contributed by atoms with E-state index < -0.39 is 12.2 Å². The number of aliphatic hydroxyl groups is 2. The lowest BCUT2D eigenvalue weighted by atomic mass is 9.97. The molecule has 0 aliphatic carbocycles. The van der Waals surface area contributed by atoms with Crippen molar-refractivity contribution in [3.63, 3.8) is 0 Å². The number of aryl methyl sites for hydroxylation is 1. The van der Waals surface area contributed by atoms with Crippen molar-refractivity contribution in [2.24, 2.45) is 5.73 Å². The maximum atomic E-state index is 9.85. The third-order valence-electron chi connectivity index (χ3n) is 2.41. The molecule has 1 rings (SSSR count). The Bertz CT molecular complexity index is 330. The number of halogens is 1. The normalized spacial score (nSPS) is 15.0. The van der Waals surface area contributed by atoms with Gasteiger partial charge in [-0.25, -0.2) is 0 Å². The first-order valence-electron chi connectivity index (χ1n) is 4.94. The van der Waals surface area contributed by atoms with Crippen LogP contribution >= 0.6 is 15.9 Å². The van der Waals surface area contributed by atoms with Crippen LogP contribution in [0.25, 0.3) is 0 Å². The minimum Gasteiger partial charge on any atom is -0.389 e. The van der Waals surface area contributed by atoms with Crippen molar-refractivity contribution in [2.45, 2.75) is 25.6 Å². The molecule has 0 amide bonds. The van der Waals surface area contributed by atoms with E-state index in [9.17, 15) is 10.2 Å². The van der Waals surface area contributed by atoms with Gasteiger partial charge in [0, 0.05) is 11.0 Å². The second-order valence-corrected chi connectivity index (χ2v) is 4.36. The molecule has 1 aromatic carbocycles. The van der Waals surface area contributed by atoms with Gasteiger partial charge in [-0.3, -0.25) is 0 Å². The average Bonchev–Trinajstić information content (AvgIpc) is 2.26. The molecule has 0 radical (unpaired) electrons. The van der Waals surface area contributed by atoms with Crippen molar-refractivity contribution >= 4 is 15.9 Å². The molecule has 4 heteroatoms. The van der Waals surface area contributed by atoms with Gasteiger partial charge >= 0.3 is 0 Å². The lowest BCUT2D eigenvalue weighted by molar-refractivity contribution is 0.0238. The van der Waals surface area contributed by atoms with Gasteiger partial charge in [-0.1, -0.05) is 28.9 Å². The highest BCUT2D eigenvalue weighted by Crippen LogP contribution is 2.24. The lowest BCUT2D eigenvalue weighted by Gasteiger charge is -2.19. The monoisotopic (exact) mass is 273 g/mol. The zero-order valence-electron chi connectivity index (χ0n) is 8.65. The number of benzene rings is 1. The minimum atomic E-state index is -0.906. The van der Waals surface area contributed by atoms with Crippen LogP contribution in [0.4, 0.5) is 0 Å². The second kappa shape index (κ2) is 5.61. The van der Waals surface area contributed by atoms with Crippen LogP contribution in [0.5, 0.6) is 0 Å². The molecule has 0 aliphatic rings. The first-order chi connectivity index (χ1) is 7.10. The zero-order chi connectivity index (χ0) is 11.4. The number of nitrogens with two attached hydrogens (primary N) is 1. The summed E-state index contributed by atoms with van der Waals surface area (Å²) in [4.78, 5) is 0. The predicted molar refractivity (Wildman–Crippen MR) is 63.5 cm³/mol. The van der Waals surface area contributed by atoms with Crippen LogP contribution in [0.2, 0.25) is 0 Å². The van der Waals surface area contributed by atoms with E-state index in [1.807, 2.05) is 25.1 Å². The van der Waals surface area contributed by atoms with Crippen LogP contribution in [0, 0.1) is 0 Å². The Hall–Kier alpha value is -0.420. The molecule has 2 unspecified atom stereocenters. The van der Waals surface area contributed by atoms with E-state index in [-0.39, 0.29) is 6.54 Å². The van der Waals surface area contributed by atoms with E-state index >= 15 is 0 Å². The van der Waals surface area contributed by atoms with E-state index in [0.717, 1.165) is 22.0 Å². The fourth-order valence-corrected chi connectivity index (χ4v) is 1.91. The molecule has 0 fully saturated rings. The topological polar surface area (TPSA) is 66.5 Å². The molecule has 0 bridgehead atoms. The predicted octanol–water partition coefficient (Wildman–Crippen LogP) is 1.36. The molecule has 0 spiro atoms. The van der Waals surface area contributed by atoms with Crippen molar-refractivity contribution in [2.75, 3.05) is 6.54 Å². The molecule has 0 saturated heterocycles. The summed E-state index contributed by atoms with van der Waals surface area (Å²) in [6.07, 6.45) is -1.00. The molecule has 0 heterocycles. The van der Waals surface area contributed by atoms with Crippen molar-refractivity contribution in [3.8, 4) is 0 Å². The number of hydrogen-bond donors (Lipinski definition) is 3. The van der Waals surface area contributed by atoms with Gasteiger partial charge in [-0.05, 0) is 29.7 Å². The quantitative estimate of drug-likeness (QED) is 0.776. The Kier molecular flexibility index (Phi) is 4.73. The molecular formula is C11H16BrNO2. The molecule has 2 atom stereocenters. The van der Waals surface area contributed by atoms with Gasteiger partial charge in [0.05, 0.1) is 6.10 Å². The minimum absolute atomic E-state index is 0.0559.